The minimum absolute atomic E-state index is 0.144. The average molecular weight is 427 g/mol. The van der Waals surface area contributed by atoms with Crippen LogP contribution in [0.4, 0.5) is 5.69 Å². The largest absolute Gasteiger partial charge is 0.497 e. The highest BCUT2D eigenvalue weighted by molar-refractivity contribution is 6.14. The van der Waals surface area contributed by atoms with Gasteiger partial charge in [0.25, 0.3) is 11.5 Å². The minimum atomic E-state index is -0.180. The number of aromatic nitrogens is 1. The van der Waals surface area contributed by atoms with Crippen molar-refractivity contribution in [3.63, 3.8) is 0 Å². The summed E-state index contributed by atoms with van der Waals surface area (Å²) in [6, 6.07) is 20.6. The molecule has 0 bridgehead atoms. The van der Waals surface area contributed by atoms with E-state index < -0.39 is 0 Å². The maximum Gasteiger partial charge on any atom is 0.262 e. The molecule has 1 aromatic heterocycles. The van der Waals surface area contributed by atoms with E-state index in [4.69, 9.17) is 4.74 Å². The molecule has 0 unspecified atom stereocenters. The van der Waals surface area contributed by atoms with Gasteiger partial charge in [0.1, 0.15) is 5.75 Å². The lowest BCUT2D eigenvalue weighted by atomic mass is 10.0. The molecule has 0 fully saturated rings. The van der Waals surface area contributed by atoms with Crippen LogP contribution < -0.4 is 15.2 Å². The standard InChI is InChI=1S/C27H26N2O3/c1-5-28(25-15-18(2)13-14-19(25)3)27(31)24-17-29(20-9-8-10-21(16-20)32-4)26(30)23-12-7-6-11-22(23)24/h6-17H,5H2,1-4H3. The van der Waals surface area contributed by atoms with E-state index in [1.165, 1.54) is 4.57 Å². The average Bonchev–Trinajstić information content (AvgIpc) is 2.82. The Hall–Kier alpha value is -3.86. The van der Waals surface area contributed by atoms with Crippen molar-refractivity contribution in [3.05, 3.63) is 100.0 Å². The summed E-state index contributed by atoms with van der Waals surface area (Å²) in [4.78, 5) is 28.9. The van der Waals surface area contributed by atoms with Crippen LogP contribution in [0.2, 0.25) is 0 Å². The summed E-state index contributed by atoms with van der Waals surface area (Å²) in [6.07, 6.45) is 1.65. The van der Waals surface area contributed by atoms with Crippen molar-refractivity contribution in [1.82, 2.24) is 4.57 Å². The van der Waals surface area contributed by atoms with Crippen LogP contribution in [0.25, 0.3) is 16.5 Å². The number of ether oxygens (including phenoxy) is 1. The number of rotatable bonds is 5. The van der Waals surface area contributed by atoms with E-state index in [9.17, 15) is 9.59 Å². The molecule has 4 rings (SSSR count). The van der Waals surface area contributed by atoms with Gasteiger partial charge in [-0.05, 0) is 56.2 Å². The lowest BCUT2D eigenvalue weighted by Gasteiger charge is -2.24. The Morgan fingerprint density at radius 2 is 1.72 bits per heavy atom. The number of nitrogens with zero attached hydrogens (tertiary/aromatic N) is 2. The van der Waals surface area contributed by atoms with E-state index in [0.717, 1.165) is 16.8 Å². The highest BCUT2D eigenvalue weighted by Crippen LogP contribution is 2.26. The van der Waals surface area contributed by atoms with E-state index in [1.54, 1.807) is 30.3 Å². The zero-order valence-electron chi connectivity index (χ0n) is 18.8. The number of carbonyl (C=O) groups is 1. The fraction of sp³-hybridized carbons (Fsp3) is 0.185. The molecule has 32 heavy (non-hydrogen) atoms. The molecule has 4 aromatic rings. The monoisotopic (exact) mass is 426 g/mol. The van der Waals surface area contributed by atoms with E-state index in [1.807, 2.05) is 75.4 Å². The van der Waals surface area contributed by atoms with Gasteiger partial charge in [-0.2, -0.15) is 0 Å². The third-order valence-electron chi connectivity index (χ3n) is 5.70. The van der Waals surface area contributed by atoms with Gasteiger partial charge >= 0.3 is 0 Å². The van der Waals surface area contributed by atoms with Gasteiger partial charge in [-0.15, -0.1) is 0 Å². The summed E-state index contributed by atoms with van der Waals surface area (Å²) < 4.78 is 6.85. The number of methoxy groups -OCH3 is 1. The van der Waals surface area contributed by atoms with Gasteiger partial charge in [-0.3, -0.25) is 14.2 Å². The van der Waals surface area contributed by atoms with Crippen LogP contribution in [-0.2, 0) is 0 Å². The number of benzene rings is 3. The predicted octanol–water partition coefficient (Wildman–Crippen LogP) is 5.28. The van der Waals surface area contributed by atoms with Crippen LogP contribution in [-0.4, -0.2) is 24.1 Å². The Labute approximate surface area is 187 Å². The number of anilines is 1. The lowest BCUT2D eigenvalue weighted by Crippen LogP contribution is -2.33. The number of fused-ring (bicyclic) bond motifs is 1. The molecule has 5 nitrogen and oxygen atoms in total. The molecule has 0 radical (unpaired) electrons. The van der Waals surface area contributed by atoms with Crippen molar-refractivity contribution < 1.29 is 9.53 Å². The highest BCUT2D eigenvalue weighted by Gasteiger charge is 2.22. The molecule has 0 spiro atoms. The molecule has 0 aliphatic carbocycles. The second kappa shape index (κ2) is 8.71. The van der Waals surface area contributed by atoms with Crippen LogP contribution >= 0.6 is 0 Å². The summed E-state index contributed by atoms with van der Waals surface area (Å²) in [5.41, 5.74) is 3.93. The number of carbonyl (C=O) groups excluding carboxylic acids is 1. The van der Waals surface area contributed by atoms with E-state index in [-0.39, 0.29) is 11.5 Å². The molecular weight excluding hydrogens is 400 g/mol. The van der Waals surface area contributed by atoms with Crippen molar-refractivity contribution in [2.45, 2.75) is 20.8 Å². The molecular formula is C27H26N2O3. The first kappa shape index (κ1) is 21.4. The predicted molar refractivity (Wildman–Crippen MR) is 129 cm³/mol. The van der Waals surface area contributed by atoms with Crippen molar-refractivity contribution >= 4 is 22.4 Å². The summed E-state index contributed by atoms with van der Waals surface area (Å²) in [6.45, 7) is 6.48. The van der Waals surface area contributed by atoms with Crippen molar-refractivity contribution in [2.24, 2.45) is 0 Å². The van der Waals surface area contributed by atoms with Gasteiger partial charge in [0, 0.05) is 35.3 Å². The summed E-state index contributed by atoms with van der Waals surface area (Å²) in [5, 5.41) is 1.14. The first-order valence-corrected chi connectivity index (χ1v) is 10.6. The number of hydrogen-bond acceptors (Lipinski definition) is 3. The zero-order chi connectivity index (χ0) is 22.8. The first-order valence-electron chi connectivity index (χ1n) is 10.6. The van der Waals surface area contributed by atoms with Crippen LogP contribution in [0.1, 0.15) is 28.4 Å². The molecule has 0 aliphatic heterocycles. The van der Waals surface area contributed by atoms with Gasteiger partial charge in [0.05, 0.1) is 18.4 Å². The molecule has 0 saturated heterocycles. The maximum atomic E-state index is 13.9. The number of pyridine rings is 1. The Balaban J connectivity index is 1.95. The van der Waals surface area contributed by atoms with Gasteiger partial charge in [0.2, 0.25) is 0 Å². The van der Waals surface area contributed by atoms with E-state index >= 15 is 0 Å². The summed E-state index contributed by atoms with van der Waals surface area (Å²) in [5.74, 6) is 0.495. The first-order chi connectivity index (χ1) is 15.4. The van der Waals surface area contributed by atoms with Crippen LogP contribution in [0.3, 0.4) is 0 Å². The topological polar surface area (TPSA) is 51.5 Å². The SMILES string of the molecule is CCN(C(=O)c1cn(-c2cccc(OC)c2)c(=O)c2ccccc12)c1cc(C)ccc1C. The fourth-order valence-electron chi connectivity index (χ4n) is 3.99. The molecule has 0 atom stereocenters. The van der Waals surface area contributed by atoms with Crippen molar-refractivity contribution in [3.8, 4) is 11.4 Å². The Bertz CT molecular complexity index is 1370. The van der Waals surface area contributed by atoms with Crippen LogP contribution in [0.15, 0.2) is 77.7 Å². The van der Waals surface area contributed by atoms with Crippen molar-refractivity contribution in [2.75, 3.05) is 18.6 Å². The number of amides is 1. The van der Waals surface area contributed by atoms with Gasteiger partial charge in [-0.25, -0.2) is 0 Å². The third-order valence-corrected chi connectivity index (χ3v) is 5.70. The van der Waals surface area contributed by atoms with E-state index in [2.05, 4.69) is 0 Å². The Kier molecular flexibility index (Phi) is 5.82. The molecule has 5 heteroatoms. The molecule has 0 N–H and O–H groups in total. The van der Waals surface area contributed by atoms with E-state index in [0.29, 0.717) is 34.3 Å². The normalized spacial score (nSPS) is 10.9. The highest BCUT2D eigenvalue weighted by atomic mass is 16.5. The molecule has 1 heterocycles. The third kappa shape index (κ3) is 3.78. The van der Waals surface area contributed by atoms with Crippen LogP contribution in [0.5, 0.6) is 5.75 Å². The minimum Gasteiger partial charge on any atom is -0.497 e. The van der Waals surface area contributed by atoms with Crippen molar-refractivity contribution in [1.29, 1.82) is 0 Å². The number of aryl methyl sites for hydroxylation is 2. The Morgan fingerprint density at radius 1 is 0.969 bits per heavy atom. The fourth-order valence-corrected chi connectivity index (χ4v) is 3.99. The maximum absolute atomic E-state index is 13.9. The summed E-state index contributed by atoms with van der Waals surface area (Å²) in [7, 11) is 1.58. The molecule has 1 amide bonds. The van der Waals surface area contributed by atoms with Gasteiger partial charge in [0.15, 0.2) is 0 Å². The molecule has 0 saturated carbocycles. The second-order valence-electron chi connectivity index (χ2n) is 7.80. The smallest absolute Gasteiger partial charge is 0.262 e. The quantitative estimate of drug-likeness (QED) is 0.436. The molecule has 3 aromatic carbocycles. The van der Waals surface area contributed by atoms with Crippen LogP contribution in [0, 0.1) is 13.8 Å². The lowest BCUT2D eigenvalue weighted by molar-refractivity contribution is 0.0989. The van der Waals surface area contributed by atoms with Gasteiger partial charge in [-0.1, -0.05) is 36.4 Å². The molecule has 0 aliphatic rings. The van der Waals surface area contributed by atoms with Gasteiger partial charge < -0.3 is 9.64 Å². The summed E-state index contributed by atoms with van der Waals surface area (Å²) >= 11 is 0. The second-order valence-corrected chi connectivity index (χ2v) is 7.80. The Morgan fingerprint density at radius 3 is 2.44 bits per heavy atom. The molecule has 162 valence electrons. The zero-order valence-corrected chi connectivity index (χ0v) is 18.8. The number of hydrogen-bond donors (Lipinski definition) is 0.